The molecule has 20 heavy (non-hydrogen) atoms. The Bertz CT molecular complexity index is 482. The van der Waals surface area contributed by atoms with Crippen molar-refractivity contribution in [1.82, 2.24) is 0 Å². The van der Waals surface area contributed by atoms with Crippen molar-refractivity contribution >= 4 is 11.8 Å². The van der Waals surface area contributed by atoms with Gasteiger partial charge < -0.3 is 9.47 Å². The SMILES string of the molecule is COCCc1ccc(OCCSc2ccccc2)cc1. The zero-order valence-electron chi connectivity index (χ0n) is 11.7. The molecule has 0 radical (unpaired) electrons. The van der Waals surface area contributed by atoms with E-state index >= 15 is 0 Å². The fraction of sp³-hybridized carbons (Fsp3) is 0.294. The highest BCUT2D eigenvalue weighted by atomic mass is 32.2. The van der Waals surface area contributed by atoms with E-state index in [1.54, 1.807) is 7.11 Å². The lowest BCUT2D eigenvalue weighted by molar-refractivity contribution is 0.202. The molecule has 0 aliphatic heterocycles. The van der Waals surface area contributed by atoms with Crippen LogP contribution < -0.4 is 4.74 Å². The maximum atomic E-state index is 5.74. The molecule has 0 spiro atoms. The third-order valence-corrected chi connectivity index (χ3v) is 3.86. The van der Waals surface area contributed by atoms with Gasteiger partial charge in [0, 0.05) is 17.8 Å². The van der Waals surface area contributed by atoms with Gasteiger partial charge in [0.15, 0.2) is 0 Å². The third-order valence-electron chi connectivity index (χ3n) is 2.88. The second kappa shape index (κ2) is 8.67. The quantitative estimate of drug-likeness (QED) is 0.539. The van der Waals surface area contributed by atoms with E-state index in [0.29, 0.717) is 0 Å². The molecule has 0 aliphatic carbocycles. The van der Waals surface area contributed by atoms with Crippen molar-refractivity contribution in [2.75, 3.05) is 26.1 Å². The van der Waals surface area contributed by atoms with Crippen LogP contribution in [0.15, 0.2) is 59.5 Å². The zero-order chi connectivity index (χ0) is 14.0. The molecule has 2 rings (SSSR count). The first-order valence-corrected chi connectivity index (χ1v) is 7.75. The predicted molar refractivity (Wildman–Crippen MR) is 84.7 cm³/mol. The van der Waals surface area contributed by atoms with Gasteiger partial charge in [-0.3, -0.25) is 0 Å². The highest BCUT2D eigenvalue weighted by Crippen LogP contribution is 2.18. The van der Waals surface area contributed by atoms with Crippen molar-refractivity contribution in [2.45, 2.75) is 11.3 Å². The Labute approximate surface area is 125 Å². The molecule has 0 unspecified atom stereocenters. The summed E-state index contributed by atoms with van der Waals surface area (Å²) in [5.74, 6) is 1.88. The van der Waals surface area contributed by atoms with Gasteiger partial charge in [-0.25, -0.2) is 0 Å². The first-order valence-electron chi connectivity index (χ1n) is 6.77. The molecule has 0 aliphatic rings. The van der Waals surface area contributed by atoms with E-state index < -0.39 is 0 Å². The molecule has 2 nitrogen and oxygen atoms in total. The molecule has 0 saturated carbocycles. The average Bonchev–Trinajstić information content (AvgIpc) is 2.52. The van der Waals surface area contributed by atoms with E-state index in [-0.39, 0.29) is 0 Å². The molecule has 106 valence electrons. The summed E-state index contributed by atoms with van der Waals surface area (Å²) in [5, 5.41) is 0. The topological polar surface area (TPSA) is 18.5 Å². The van der Waals surface area contributed by atoms with Crippen molar-refractivity contribution in [2.24, 2.45) is 0 Å². The van der Waals surface area contributed by atoms with Gasteiger partial charge >= 0.3 is 0 Å². The summed E-state index contributed by atoms with van der Waals surface area (Å²) in [6.45, 7) is 1.48. The van der Waals surface area contributed by atoms with Crippen LogP contribution in [0.4, 0.5) is 0 Å². The van der Waals surface area contributed by atoms with Crippen LogP contribution in [-0.2, 0) is 11.2 Å². The number of benzene rings is 2. The van der Waals surface area contributed by atoms with E-state index in [9.17, 15) is 0 Å². The fourth-order valence-corrected chi connectivity index (χ4v) is 2.56. The molecule has 0 fully saturated rings. The molecule has 0 heterocycles. The fourth-order valence-electron chi connectivity index (χ4n) is 1.81. The van der Waals surface area contributed by atoms with E-state index in [0.717, 1.165) is 31.1 Å². The summed E-state index contributed by atoms with van der Waals surface area (Å²) < 4.78 is 10.8. The highest BCUT2D eigenvalue weighted by molar-refractivity contribution is 7.99. The molecule has 3 heteroatoms. The van der Waals surface area contributed by atoms with Crippen molar-refractivity contribution in [3.8, 4) is 5.75 Å². The number of hydrogen-bond acceptors (Lipinski definition) is 3. The summed E-state index contributed by atoms with van der Waals surface area (Å²) >= 11 is 1.81. The Morgan fingerprint density at radius 2 is 1.65 bits per heavy atom. The lowest BCUT2D eigenvalue weighted by Gasteiger charge is -2.07. The Balaban J connectivity index is 1.69. The van der Waals surface area contributed by atoms with Gasteiger partial charge in [0.25, 0.3) is 0 Å². The standard InChI is InChI=1S/C17H20O2S/c1-18-12-11-15-7-9-16(10-8-15)19-13-14-20-17-5-3-2-4-6-17/h2-10H,11-14H2,1H3. The Morgan fingerprint density at radius 3 is 2.35 bits per heavy atom. The Morgan fingerprint density at radius 1 is 0.900 bits per heavy atom. The number of ether oxygens (including phenoxy) is 2. The maximum absolute atomic E-state index is 5.74. The largest absolute Gasteiger partial charge is 0.493 e. The summed E-state index contributed by atoms with van der Waals surface area (Å²) in [6.07, 6.45) is 0.945. The Hall–Kier alpha value is -1.45. The van der Waals surface area contributed by atoms with Crippen LogP contribution >= 0.6 is 11.8 Å². The van der Waals surface area contributed by atoms with Crippen LogP contribution in [0.1, 0.15) is 5.56 Å². The van der Waals surface area contributed by atoms with Gasteiger partial charge in [0.1, 0.15) is 5.75 Å². The minimum Gasteiger partial charge on any atom is -0.493 e. The second-order valence-electron chi connectivity index (χ2n) is 4.40. The molecule has 0 atom stereocenters. The van der Waals surface area contributed by atoms with Crippen LogP contribution in [0.2, 0.25) is 0 Å². The van der Waals surface area contributed by atoms with Crippen LogP contribution in [0.3, 0.4) is 0 Å². The Kier molecular flexibility index (Phi) is 6.48. The van der Waals surface area contributed by atoms with Gasteiger partial charge in [-0.15, -0.1) is 11.8 Å². The molecule has 2 aromatic rings. The summed E-state index contributed by atoms with van der Waals surface area (Å²) in [7, 11) is 1.72. The summed E-state index contributed by atoms with van der Waals surface area (Å²) in [6, 6.07) is 18.6. The van der Waals surface area contributed by atoms with E-state index in [4.69, 9.17) is 9.47 Å². The molecule has 0 aromatic heterocycles. The van der Waals surface area contributed by atoms with E-state index in [1.165, 1.54) is 10.5 Å². The zero-order valence-corrected chi connectivity index (χ0v) is 12.6. The number of rotatable bonds is 8. The van der Waals surface area contributed by atoms with Crippen LogP contribution in [0, 0.1) is 0 Å². The minimum atomic E-state index is 0.719. The van der Waals surface area contributed by atoms with Crippen molar-refractivity contribution in [1.29, 1.82) is 0 Å². The van der Waals surface area contributed by atoms with Crippen molar-refractivity contribution in [3.63, 3.8) is 0 Å². The highest BCUT2D eigenvalue weighted by Gasteiger charge is 1.97. The van der Waals surface area contributed by atoms with Gasteiger partial charge in [-0.1, -0.05) is 30.3 Å². The molecular formula is C17H20O2S. The average molecular weight is 288 g/mol. The van der Waals surface area contributed by atoms with Crippen LogP contribution in [0.25, 0.3) is 0 Å². The monoisotopic (exact) mass is 288 g/mol. The smallest absolute Gasteiger partial charge is 0.119 e. The number of methoxy groups -OCH3 is 1. The summed E-state index contributed by atoms with van der Waals surface area (Å²) in [4.78, 5) is 1.28. The van der Waals surface area contributed by atoms with E-state index in [2.05, 4.69) is 36.4 Å². The van der Waals surface area contributed by atoms with Crippen molar-refractivity contribution < 1.29 is 9.47 Å². The summed E-state index contributed by atoms with van der Waals surface area (Å²) in [5.41, 5.74) is 1.28. The lowest BCUT2D eigenvalue weighted by atomic mass is 10.1. The van der Waals surface area contributed by atoms with Gasteiger partial charge in [0.2, 0.25) is 0 Å². The normalized spacial score (nSPS) is 10.4. The molecular weight excluding hydrogens is 268 g/mol. The van der Waals surface area contributed by atoms with Crippen LogP contribution in [-0.4, -0.2) is 26.1 Å². The molecule has 2 aromatic carbocycles. The maximum Gasteiger partial charge on any atom is 0.119 e. The molecule has 0 amide bonds. The second-order valence-corrected chi connectivity index (χ2v) is 5.57. The van der Waals surface area contributed by atoms with E-state index in [1.807, 2.05) is 30.0 Å². The van der Waals surface area contributed by atoms with Gasteiger partial charge in [-0.2, -0.15) is 0 Å². The van der Waals surface area contributed by atoms with Crippen LogP contribution in [0.5, 0.6) is 5.75 Å². The molecule has 0 bridgehead atoms. The lowest BCUT2D eigenvalue weighted by Crippen LogP contribution is -2.00. The number of hydrogen-bond donors (Lipinski definition) is 0. The molecule has 0 N–H and O–H groups in total. The first kappa shape index (κ1) is 14.9. The van der Waals surface area contributed by atoms with Gasteiger partial charge in [-0.05, 0) is 36.2 Å². The minimum absolute atomic E-state index is 0.719. The first-order chi connectivity index (χ1) is 9.88. The molecule has 0 saturated heterocycles. The van der Waals surface area contributed by atoms with Gasteiger partial charge in [0.05, 0.1) is 13.2 Å². The number of thioether (sulfide) groups is 1. The third kappa shape index (κ3) is 5.27. The van der Waals surface area contributed by atoms with Crippen molar-refractivity contribution in [3.05, 3.63) is 60.2 Å². The predicted octanol–water partition coefficient (Wildman–Crippen LogP) is 4.05.